The largest absolute Gasteiger partial charge is 0.487 e. The first kappa shape index (κ1) is 22.7. The van der Waals surface area contributed by atoms with E-state index in [0.29, 0.717) is 5.56 Å². The van der Waals surface area contributed by atoms with Crippen molar-refractivity contribution in [2.24, 2.45) is 0 Å². The monoisotopic (exact) mass is 411 g/mol. The summed E-state index contributed by atoms with van der Waals surface area (Å²) < 4.78 is 33.9. The molecule has 0 saturated carbocycles. The Kier molecular flexibility index (Phi) is 7.89. The van der Waals surface area contributed by atoms with Gasteiger partial charge in [0.15, 0.2) is 0 Å². The summed E-state index contributed by atoms with van der Waals surface area (Å²) >= 11 is 0. The van der Waals surface area contributed by atoms with Gasteiger partial charge in [-0.2, -0.15) is 0 Å². The summed E-state index contributed by atoms with van der Waals surface area (Å²) in [6.07, 6.45) is 4.43. The third kappa shape index (κ3) is 6.48. The number of rotatable bonds is 10. The van der Waals surface area contributed by atoms with Crippen molar-refractivity contribution in [2.45, 2.75) is 64.5 Å². The van der Waals surface area contributed by atoms with Crippen LogP contribution in [0, 0.1) is 0 Å². The molecule has 1 aromatic carbocycles. The lowest BCUT2D eigenvalue weighted by Gasteiger charge is -2.38. The summed E-state index contributed by atoms with van der Waals surface area (Å²) in [5, 5.41) is 3.59. The molecular formula is C21H33NO5S. The molecule has 0 radical (unpaired) electrons. The smallest absolute Gasteiger partial charge is 0.337 e. The van der Waals surface area contributed by atoms with Crippen LogP contribution in [0.1, 0.15) is 74.8 Å². The second-order valence-electron chi connectivity index (χ2n) is 7.97. The molecule has 2 rings (SSSR count). The predicted molar refractivity (Wildman–Crippen MR) is 111 cm³/mol. The molecule has 0 bridgehead atoms. The van der Waals surface area contributed by atoms with Gasteiger partial charge in [0.1, 0.15) is 21.2 Å². The minimum Gasteiger partial charge on any atom is -0.487 e. The molecular weight excluding hydrogens is 378 g/mol. The summed E-state index contributed by atoms with van der Waals surface area (Å²) in [7, 11) is -1.48. The maximum Gasteiger partial charge on any atom is 0.337 e. The highest BCUT2D eigenvalue weighted by atomic mass is 32.2. The molecule has 0 amide bonds. The first-order valence-electron chi connectivity index (χ1n) is 10.0. The summed E-state index contributed by atoms with van der Waals surface area (Å²) in [5.74, 6) is 0.954. The van der Waals surface area contributed by atoms with Crippen LogP contribution in [0.2, 0.25) is 0 Å². The lowest BCUT2D eigenvalue weighted by Crippen LogP contribution is -2.39. The van der Waals surface area contributed by atoms with Crippen molar-refractivity contribution < 1.29 is 22.7 Å². The number of hydrogen-bond acceptors (Lipinski definition) is 6. The van der Waals surface area contributed by atoms with Gasteiger partial charge in [-0.1, -0.05) is 19.8 Å². The second-order valence-corrected chi connectivity index (χ2v) is 10.4. The Morgan fingerprint density at radius 2 is 1.96 bits per heavy atom. The fourth-order valence-electron chi connectivity index (χ4n) is 3.50. The quantitative estimate of drug-likeness (QED) is 0.467. The van der Waals surface area contributed by atoms with Crippen molar-refractivity contribution in [3.63, 3.8) is 0 Å². The molecule has 158 valence electrons. The number of carbonyl (C=O) groups excluding carboxylic acids is 1. The fraction of sp³-hybridized carbons (Fsp3) is 0.667. The number of esters is 1. The van der Waals surface area contributed by atoms with Gasteiger partial charge in [0, 0.05) is 23.8 Å². The van der Waals surface area contributed by atoms with E-state index in [4.69, 9.17) is 9.47 Å². The van der Waals surface area contributed by atoms with Gasteiger partial charge in [-0.3, -0.25) is 0 Å². The molecule has 1 aliphatic rings. The summed E-state index contributed by atoms with van der Waals surface area (Å²) in [6.45, 7) is 6.65. The van der Waals surface area contributed by atoms with Gasteiger partial charge < -0.3 is 14.8 Å². The topological polar surface area (TPSA) is 81.7 Å². The van der Waals surface area contributed by atoms with Gasteiger partial charge in [0.2, 0.25) is 0 Å². The van der Waals surface area contributed by atoms with Gasteiger partial charge in [-0.15, -0.1) is 0 Å². The summed E-state index contributed by atoms with van der Waals surface area (Å²) in [6, 6.07) is 5.52. The van der Waals surface area contributed by atoms with Crippen LogP contribution in [-0.4, -0.2) is 45.1 Å². The van der Waals surface area contributed by atoms with E-state index in [9.17, 15) is 13.2 Å². The predicted octanol–water partition coefficient (Wildman–Crippen LogP) is 3.66. The first-order valence-corrected chi connectivity index (χ1v) is 11.8. The van der Waals surface area contributed by atoms with Gasteiger partial charge in [0.05, 0.1) is 18.4 Å². The molecule has 6 nitrogen and oxygen atoms in total. The normalized spacial score (nSPS) is 18.2. The van der Waals surface area contributed by atoms with E-state index in [1.807, 2.05) is 12.1 Å². The van der Waals surface area contributed by atoms with E-state index in [2.05, 4.69) is 19.2 Å². The van der Waals surface area contributed by atoms with Crippen molar-refractivity contribution in [1.29, 1.82) is 0 Å². The molecule has 1 aromatic rings. The maximum atomic E-state index is 11.9. The lowest BCUT2D eigenvalue weighted by atomic mass is 9.88. The molecule has 1 heterocycles. The molecule has 0 aliphatic carbocycles. The van der Waals surface area contributed by atoms with Crippen LogP contribution in [-0.2, 0) is 14.6 Å². The standard InChI is InChI=1S/C21H33NO5S/c1-5-28(24,25)13-9-7-6-8-12-22-18-15-21(2,3)27-19-11-10-16(14-17(18)19)20(23)26-4/h10-11,14,18,22H,5-9,12-13,15H2,1-4H3. The van der Waals surface area contributed by atoms with Crippen molar-refractivity contribution in [2.75, 3.05) is 25.2 Å². The zero-order chi connectivity index (χ0) is 20.8. The highest BCUT2D eigenvalue weighted by Crippen LogP contribution is 2.40. The zero-order valence-electron chi connectivity index (χ0n) is 17.4. The Hall–Kier alpha value is -1.60. The van der Waals surface area contributed by atoms with E-state index >= 15 is 0 Å². The molecule has 28 heavy (non-hydrogen) atoms. The second kappa shape index (κ2) is 9.74. The van der Waals surface area contributed by atoms with Crippen LogP contribution in [0.15, 0.2) is 18.2 Å². The van der Waals surface area contributed by atoms with Crippen molar-refractivity contribution in [3.8, 4) is 5.75 Å². The Bertz CT molecular complexity index is 773. The molecule has 7 heteroatoms. The Morgan fingerprint density at radius 3 is 2.64 bits per heavy atom. The zero-order valence-corrected chi connectivity index (χ0v) is 18.2. The van der Waals surface area contributed by atoms with E-state index < -0.39 is 9.84 Å². The fourth-order valence-corrected chi connectivity index (χ4v) is 4.44. The van der Waals surface area contributed by atoms with Gasteiger partial charge in [-0.05, 0) is 51.4 Å². The van der Waals surface area contributed by atoms with Gasteiger partial charge in [-0.25, -0.2) is 13.2 Å². The number of benzene rings is 1. The Labute approximate surface area is 168 Å². The number of carbonyl (C=O) groups is 1. The van der Waals surface area contributed by atoms with Crippen LogP contribution < -0.4 is 10.1 Å². The third-order valence-corrected chi connectivity index (χ3v) is 6.89. The van der Waals surface area contributed by atoms with Gasteiger partial charge >= 0.3 is 5.97 Å². The minimum absolute atomic E-state index is 0.101. The van der Waals surface area contributed by atoms with Crippen LogP contribution in [0.4, 0.5) is 0 Å². The molecule has 1 N–H and O–H groups in total. The van der Waals surface area contributed by atoms with Crippen LogP contribution in [0.25, 0.3) is 0 Å². The van der Waals surface area contributed by atoms with E-state index in [-0.39, 0.29) is 29.1 Å². The van der Waals surface area contributed by atoms with Crippen molar-refractivity contribution in [3.05, 3.63) is 29.3 Å². The number of hydrogen-bond donors (Lipinski definition) is 1. The number of ether oxygens (including phenoxy) is 2. The molecule has 0 saturated heterocycles. The average molecular weight is 412 g/mol. The molecule has 0 fully saturated rings. The number of fused-ring (bicyclic) bond motifs is 1. The Morgan fingerprint density at radius 1 is 1.25 bits per heavy atom. The van der Waals surface area contributed by atoms with Gasteiger partial charge in [0.25, 0.3) is 0 Å². The summed E-state index contributed by atoms with van der Waals surface area (Å²) in [5.41, 5.74) is 1.22. The van der Waals surface area contributed by atoms with E-state index in [1.54, 1.807) is 13.0 Å². The highest BCUT2D eigenvalue weighted by Gasteiger charge is 2.33. The molecule has 1 aliphatic heterocycles. The highest BCUT2D eigenvalue weighted by molar-refractivity contribution is 7.91. The van der Waals surface area contributed by atoms with Crippen molar-refractivity contribution >= 4 is 15.8 Å². The number of sulfone groups is 1. The average Bonchev–Trinajstić information content (AvgIpc) is 2.65. The summed E-state index contributed by atoms with van der Waals surface area (Å²) in [4.78, 5) is 11.9. The number of unbranched alkanes of at least 4 members (excludes halogenated alkanes) is 3. The maximum absolute atomic E-state index is 11.9. The number of methoxy groups -OCH3 is 1. The first-order chi connectivity index (χ1) is 13.2. The number of nitrogens with one attached hydrogen (secondary N) is 1. The van der Waals surface area contributed by atoms with E-state index in [0.717, 1.165) is 50.0 Å². The minimum atomic E-state index is -2.86. The van der Waals surface area contributed by atoms with E-state index in [1.165, 1.54) is 7.11 Å². The molecule has 1 atom stereocenters. The van der Waals surface area contributed by atoms with Crippen molar-refractivity contribution in [1.82, 2.24) is 5.32 Å². The molecule has 0 aromatic heterocycles. The lowest BCUT2D eigenvalue weighted by molar-refractivity contribution is 0.0595. The van der Waals surface area contributed by atoms with Crippen LogP contribution >= 0.6 is 0 Å². The Balaban J connectivity index is 1.90. The molecule has 0 spiro atoms. The third-order valence-electron chi connectivity index (χ3n) is 5.10. The van der Waals surface area contributed by atoms with Crippen LogP contribution in [0.5, 0.6) is 5.75 Å². The SMILES string of the molecule is CCS(=O)(=O)CCCCCCNC1CC(C)(C)Oc2ccc(C(=O)OC)cc21. The molecule has 1 unspecified atom stereocenters. The van der Waals surface area contributed by atoms with Crippen LogP contribution in [0.3, 0.4) is 0 Å².